The van der Waals surface area contributed by atoms with Crippen molar-refractivity contribution in [1.29, 1.82) is 0 Å². The van der Waals surface area contributed by atoms with Gasteiger partial charge in [0.1, 0.15) is 0 Å². The number of amides is 1. The van der Waals surface area contributed by atoms with Crippen molar-refractivity contribution in [3.63, 3.8) is 0 Å². The van der Waals surface area contributed by atoms with Crippen LogP contribution >= 0.6 is 23.1 Å². The predicted molar refractivity (Wildman–Crippen MR) is 117 cm³/mol. The van der Waals surface area contributed by atoms with E-state index in [9.17, 15) is 13.2 Å². The Hall–Kier alpha value is -1.90. The summed E-state index contributed by atoms with van der Waals surface area (Å²) < 4.78 is 26.7. The highest BCUT2D eigenvalue weighted by molar-refractivity contribution is 7.98. The quantitative estimate of drug-likeness (QED) is 0.592. The number of aromatic nitrogens is 1. The van der Waals surface area contributed by atoms with E-state index < -0.39 is 15.7 Å². The molecule has 0 aliphatic rings. The molecule has 0 fully saturated rings. The lowest BCUT2D eigenvalue weighted by atomic mass is 10.2. The number of hydrogen-bond acceptors (Lipinski definition) is 5. The molecule has 1 amide bonds. The minimum absolute atomic E-state index is 0.118. The third kappa shape index (κ3) is 4.56. The molecule has 0 saturated carbocycles. The number of nitrogens with zero attached hydrogens (tertiary/aromatic N) is 2. The Balaban J connectivity index is 2.11. The lowest BCUT2D eigenvalue weighted by Crippen LogP contribution is -2.18. The van der Waals surface area contributed by atoms with E-state index >= 15 is 0 Å². The average molecular weight is 435 g/mol. The Morgan fingerprint density at radius 1 is 1.21 bits per heavy atom. The monoisotopic (exact) mass is 434 g/mol. The van der Waals surface area contributed by atoms with E-state index in [4.69, 9.17) is 0 Å². The number of sulfone groups is 1. The summed E-state index contributed by atoms with van der Waals surface area (Å²) in [6.07, 6.45) is 4.12. The number of carbonyl (C=O) groups is 1. The Labute approximate surface area is 173 Å². The van der Waals surface area contributed by atoms with Gasteiger partial charge in [0.15, 0.2) is 14.6 Å². The van der Waals surface area contributed by atoms with Gasteiger partial charge in [-0.05, 0) is 48.6 Å². The number of hydrogen-bond donors (Lipinski definition) is 0. The Kier molecular flexibility index (Phi) is 6.42. The Morgan fingerprint density at radius 3 is 2.68 bits per heavy atom. The normalized spacial score (nSPS) is 12.6. The zero-order valence-electron chi connectivity index (χ0n) is 16.0. The molecule has 0 N–H and O–H groups in total. The van der Waals surface area contributed by atoms with Crippen molar-refractivity contribution in [1.82, 2.24) is 4.57 Å². The zero-order chi connectivity index (χ0) is 20.3. The summed E-state index contributed by atoms with van der Waals surface area (Å²) in [6, 6.07) is 12.4. The summed E-state index contributed by atoms with van der Waals surface area (Å²) in [7, 11) is -3.38. The van der Waals surface area contributed by atoms with Gasteiger partial charge in [-0.1, -0.05) is 30.4 Å². The van der Waals surface area contributed by atoms with Crippen LogP contribution in [0, 0.1) is 0 Å². The summed E-state index contributed by atoms with van der Waals surface area (Å²) in [4.78, 5) is 17.8. The molecular weight excluding hydrogens is 412 g/mol. The highest BCUT2D eigenvalue weighted by Gasteiger charge is 2.13. The van der Waals surface area contributed by atoms with E-state index in [-0.39, 0.29) is 10.5 Å². The molecule has 0 aliphatic heterocycles. The van der Waals surface area contributed by atoms with Gasteiger partial charge >= 0.3 is 0 Å². The molecule has 148 valence electrons. The zero-order valence-corrected chi connectivity index (χ0v) is 18.5. The molecule has 28 heavy (non-hydrogen) atoms. The first kappa shape index (κ1) is 20.8. The minimum Gasteiger partial charge on any atom is -0.316 e. The number of thiazole rings is 1. The van der Waals surface area contributed by atoms with E-state index in [1.54, 1.807) is 23.9 Å². The van der Waals surface area contributed by atoms with Gasteiger partial charge in [-0.3, -0.25) is 4.79 Å². The van der Waals surface area contributed by atoms with Crippen LogP contribution in [0.5, 0.6) is 0 Å². The second-order valence-corrected chi connectivity index (χ2v) is 10.4. The number of thioether (sulfide) groups is 1. The van der Waals surface area contributed by atoms with Gasteiger partial charge < -0.3 is 4.57 Å². The minimum atomic E-state index is -3.38. The number of fused-ring (bicyclic) bond motifs is 1. The summed E-state index contributed by atoms with van der Waals surface area (Å²) in [5, 5.41) is 0. The second kappa shape index (κ2) is 8.63. The van der Waals surface area contributed by atoms with Crippen molar-refractivity contribution in [2.75, 3.05) is 18.3 Å². The van der Waals surface area contributed by atoms with E-state index in [0.29, 0.717) is 4.80 Å². The van der Waals surface area contributed by atoms with Crippen LogP contribution in [0.1, 0.15) is 22.8 Å². The van der Waals surface area contributed by atoms with Crippen LogP contribution in [0.4, 0.5) is 0 Å². The van der Waals surface area contributed by atoms with Gasteiger partial charge in [0.25, 0.3) is 5.91 Å². The lowest BCUT2D eigenvalue weighted by molar-refractivity contribution is 0.0997. The SMILES string of the molecule is CCc1ccc2c(c1)sc(=NC(=O)c1cccc(S(C)(=O)=O)c1)n2CCSC. The van der Waals surface area contributed by atoms with E-state index in [0.717, 1.165) is 35.2 Å². The number of rotatable bonds is 6. The number of benzene rings is 2. The van der Waals surface area contributed by atoms with Crippen LogP contribution in [0.3, 0.4) is 0 Å². The maximum Gasteiger partial charge on any atom is 0.279 e. The molecule has 3 aromatic rings. The maximum atomic E-state index is 12.7. The summed E-state index contributed by atoms with van der Waals surface area (Å²) in [5.41, 5.74) is 2.57. The molecule has 0 unspecified atom stereocenters. The highest BCUT2D eigenvalue weighted by Crippen LogP contribution is 2.20. The first-order valence-corrected chi connectivity index (χ1v) is 12.9. The van der Waals surface area contributed by atoms with Crippen molar-refractivity contribution in [3.05, 3.63) is 58.4 Å². The van der Waals surface area contributed by atoms with Crippen LogP contribution in [0.25, 0.3) is 10.2 Å². The van der Waals surface area contributed by atoms with E-state index in [1.807, 2.05) is 6.26 Å². The van der Waals surface area contributed by atoms with E-state index in [2.05, 4.69) is 34.7 Å². The van der Waals surface area contributed by atoms with Gasteiger partial charge in [0.05, 0.1) is 15.1 Å². The fourth-order valence-corrected chi connectivity index (χ4v) is 4.98. The second-order valence-electron chi connectivity index (χ2n) is 6.40. The molecule has 2 aromatic carbocycles. The number of carbonyl (C=O) groups excluding carboxylic acids is 1. The smallest absolute Gasteiger partial charge is 0.279 e. The molecule has 0 radical (unpaired) electrons. The summed E-state index contributed by atoms with van der Waals surface area (Å²) >= 11 is 3.22. The fraction of sp³-hybridized carbons (Fsp3) is 0.300. The van der Waals surface area contributed by atoms with Crippen LogP contribution in [0.15, 0.2) is 52.4 Å². The molecule has 1 aromatic heterocycles. The molecule has 0 atom stereocenters. The highest BCUT2D eigenvalue weighted by atomic mass is 32.2. The number of aryl methyl sites for hydroxylation is 2. The molecule has 0 spiro atoms. The topological polar surface area (TPSA) is 68.5 Å². The third-order valence-corrected chi connectivity index (χ3v) is 7.12. The van der Waals surface area contributed by atoms with Crippen molar-refractivity contribution in [3.8, 4) is 0 Å². The van der Waals surface area contributed by atoms with Crippen LogP contribution < -0.4 is 4.80 Å². The van der Waals surface area contributed by atoms with Crippen molar-refractivity contribution < 1.29 is 13.2 Å². The van der Waals surface area contributed by atoms with Gasteiger partial charge in [-0.15, -0.1) is 0 Å². The Bertz CT molecular complexity index is 1190. The first-order valence-electron chi connectivity index (χ1n) is 8.84. The predicted octanol–water partition coefficient (Wildman–Crippen LogP) is 3.77. The molecule has 1 heterocycles. The van der Waals surface area contributed by atoms with Crippen LogP contribution in [-0.2, 0) is 22.8 Å². The average Bonchev–Trinajstić information content (AvgIpc) is 3.01. The van der Waals surface area contributed by atoms with Crippen LogP contribution in [-0.4, -0.2) is 37.2 Å². The van der Waals surface area contributed by atoms with Crippen molar-refractivity contribution in [2.24, 2.45) is 4.99 Å². The van der Waals surface area contributed by atoms with Crippen LogP contribution in [0.2, 0.25) is 0 Å². The molecular formula is C20H22N2O3S3. The summed E-state index contributed by atoms with van der Waals surface area (Å²) in [5.74, 6) is 0.470. The van der Waals surface area contributed by atoms with Gasteiger partial charge in [0, 0.05) is 24.1 Å². The van der Waals surface area contributed by atoms with Gasteiger partial charge in [0.2, 0.25) is 0 Å². The third-order valence-electron chi connectivity index (χ3n) is 4.38. The molecule has 0 saturated heterocycles. The van der Waals surface area contributed by atoms with Crippen molar-refractivity contribution >= 4 is 49.1 Å². The van der Waals surface area contributed by atoms with Crippen molar-refractivity contribution in [2.45, 2.75) is 24.8 Å². The molecule has 5 nitrogen and oxygen atoms in total. The van der Waals surface area contributed by atoms with Gasteiger partial charge in [-0.2, -0.15) is 16.8 Å². The molecule has 0 bridgehead atoms. The lowest BCUT2D eigenvalue weighted by Gasteiger charge is -2.04. The largest absolute Gasteiger partial charge is 0.316 e. The molecule has 8 heteroatoms. The Morgan fingerprint density at radius 2 is 2.00 bits per heavy atom. The van der Waals surface area contributed by atoms with E-state index in [1.165, 1.54) is 29.0 Å². The fourth-order valence-electron chi connectivity index (χ4n) is 2.83. The maximum absolute atomic E-state index is 12.7. The summed E-state index contributed by atoms with van der Waals surface area (Å²) in [6.45, 7) is 2.86. The molecule has 3 rings (SSSR count). The van der Waals surface area contributed by atoms with Gasteiger partial charge in [-0.25, -0.2) is 8.42 Å². The standard InChI is InChI=1S/C20H22N2O3S3/c1-4-14-8-9-17-18(12-14)27-20(22(17)10-11-26-2)21-19(23)15-6-5-7-16(13-15)28(3,24)25/h5-9,12-13H,4,10-11H2,1-3H3. The molecule has 0 aliphatic carbocycles. The first-order chi connectivity index (χ1) is 13.3.